The van der Waals surface area contributed by atoms with Crippen molar-refractivity contribution in [3.05, 3.63) is 102 Å². The lowest BCUT2D eigenvalue weighted by Gasteiger charge is -2.19. The van der Waals surface area contributed by atoms with Gasteiger partial charge in [-0.2, -0.15) is 5.10 Å². The molecule has 3 rings (SSSR count). The number of hydrogen-bond acceptors (Lipinski definition) is 4. The zero-order valence-corrected chi connectivity index (χ0v) is 23.4. The first kappa shape index (κ1) is 29.7. The number of aliphatic hydroxyl groups is 1. The Hall–Kier alpha value is -3.90. The molecule has 206 valence electrons. The van der Waals surface area contributed by atoms with Crippen LogP contribution in [0.1, 0.15) is 50.7 Å². The summed E-state index contributed by atoms with van der Waals surface area (Å²) in [7, 11) is 0. The summed E-state index contributed by atoms with van der Waals surface area (Å²) in [5, 5.41) is 18.5. The van der Waals surface area contributed by atoms with E-state index in [4.69, 9.17) is 4.74 Å². The number of benzene rings is 2. The van der Waals surface area contributed by atoms with E-state index in [0.717, 1.165) is 34.2 Å². The number of amides is 1. The molecule has 0 saturated carbocycles. The first-order valence-corrected chi connectivity index (χ1v) is 13.7. The second-order valence-corrected chi connectivity index (χ2v) is 9.65. The molecule has 0 aliphatic heterocycles. The number of carbonyl (C=O) groups is 1. The molecule has 1 atom stereocenters. The fourth-order valence-corrected chi connectivity index (χ4v) is 4.25. The van der Waals surface area contributed by atoms with Gasteiger partial charge in [0.25, 0.3) is 5.91 Å². The lowest BCUT2D eigenvalue weighted by atomic mass is 10.0. The quantitative estimate of drug-likeness (QED) is 0.102. The van der Waals surface area contributed by atoms with Crippen LogP contribution in [-0.2, 0) is 11.2 Å². The summed E-state index contributed by atoms with van der Waals surface area (Å²) in [6, 6.07) is 13.3. The fourth-order valence-electron chi connectivity index (χ4n) is 4.25. The van der Waals surface area contributed by atoms with Crippen molar-refractivity contribution in [1.82, 2.24) is 15.1 Å². The molecule has 2 N–H and O–H groups in total. The van der Waals surface area contributed by atoms with Gasteiger partial charge in [0.2, 0.25) is 0 Å². The van der Waals surface area contributed by atoms with Crippen molar-refractivity contribution in [1.29, 1.82) is 0 Å². The number of rotatable bonds is 15. The van der Waals surface area contributed by atoms with Crippen LogP contribution in [0.2, 0.25) is 0 Å². The number of carbonyl (C=O) groups excluding carboxylic acids is 1. The highest BCUT2D eigenvalue weighted by atomic mass is 16.5. The SMILES string of the molecule is C=C(/C(=C\C=C/C)C(=O)NC(CO)Cc1ccc(OC/C=C/CCCCC)cc1)n1ncc2cc(C)ccc21. The van der Waals surface area contributed by atoms with Crippen LogP contribution in [0.5, 0.6) is 5.75 Å². The molecule has 0 spiro atoms. The van der Waals surface area contributed by atoms with Crippen molar-refractivity contribution in [2.24, 2.45) is 0 Å². The number of hydrogen-bond donors (Lipinski definition) is 2. The van der Waals surface area contributed by atoms with Gasteiger partial charge in [-0.05, 0) is 69.0 Å². The van der Waals surface area contributed by atoms with Crippen molar-refractivity contribution >= 4 is 22.5 Å². The maximum Gasteiger partial charge on any atom is 0.253 e. The van der Waals surface area contributed by atoms with Gasteiger partial charge in [-0.1, -0.05) is 74.4 Å². The Morgan fingerprint density at radius 2 is 1.97 bits per heavy atom. The second-order valence-electron chi connectivity index (χ2n) is 9.65. The fraction of sp³-hybridized carbons (Fsp3) is 0.333. The minimum atomic E-state index is -0.464. The molecule has 0 bridgehead atoms. The molecule has 0 radical (unpaired) electrons. The van der Waals surface area contributed by atoms with Gasteiger partial charge in [-0.25, -0.2) is 4.68 Å². The molecule has 1 heterocycles. The van der Waals surface area contributed by atoms with Gasteiger partial charge in [-0.3, -0.25) is 4.79 Å². The first-order valence-electron chi connectivity index (χ1n) is 13.7. The molecule has 39 heavy (non-hydrogen) atoms. The normalized spacial score (nSPS) is 12.9. The predicted octanol–water partition coefficient (Wildman–Crippen LogP) is 6.55. The van der Waals surface area contributed by atoms with Crippen molar-refractivity contribution < 1.29 is 14.6 Å². The van der Waals surface area contributed by atoms with Gasteiger partial charge < -0.3 is 15.2 Å². The van der Waals surface area contributed by atoms with Crippen LogP contribution < -0.4 is 10.1 Å². The third-order valence-corrected chi connectivity index (χ3v) is 6.44. The van der Waals surface area contributed by atoms with E-state index in [9.17, 15) is 9.90 Å². The molecule has 0 aliphatic carbocycles. The third kappa shape index (κ3) is 8.82. The number of fused-ring (bicyclic) bond motifs is 1. The molecule has 0 fully saturated rings. The molecule has 1 unspecified atom stereocenters. The predicted molar refractivity (Wildman–Crippen MR) is 161 cm³/mol. The van der Waals surface area contributed by atoms with Gasteiger partial charge in [0.15, 0.2) is 0 Å². The first-order chi connectivity index (χ1) is 19.0. The maximum atomic E-state index is 13.4. The molecular weight excluding hydrogens is 486 g/mol. The van der Waals surface area contributed by atoms with Crippen LogP contribution in [0.15, 0.2) is 91.2 Å². The smallest absolute Gasteiger partial charge is 0.253 e. The van der Waals surface area contributed by atoms with Crippen molar-refractivity contribution in [2.75, 3.05) is 13.2 Å². The Morgan fingerprint density at radius 1 is 1.18 bits per heavy atom. The Morgan fingerprint density at radius 3 is 2.69 bits per heavy atom. The summed E-state index contributed by atoms with van der Waals surface area (Å²) in [4.78, 5) is 13.4. The van der Waals surface area contributed by atoms with E-state index in [1.54, 1.807) is 23.0 Å². The van der Waals surface area contributed by atoms with Crippen LogP contribution in [0.25, 0.3) is 16.6 Å². The van der Waals surface area contributed by atoms with Crippen LogP contribution in [0.3, 0.4) is 0 Å². The molecule has 1 amide bonds. The Kier molecular flexibility index (Phi) is 11.8. The average Bonchev–Trinajstić information content (AvgIpc) is 3.36. The van der Waals surface area contributed by atoms with E-state index in [1.807, 2.05) is 62.4 Å². The lowest BCUT2D eigenvalue weighted by molar-refractivity contribution is -0.118. The lowest BCUT2D eigenvalue weighted by Crippen LogP contribution is -2.40. The molecule has 1 aromatic heterocycles. The summed E-state index contributed by atoms with van der Waals surface area (Å²) < 4.78 is 7.47. The molecule has 2 aromatic carbocycles. The topological polar surface area (TPSA) is 76.4 Å². The van der Waals surface area contributed by atoms with E-state index in [1.165, 1.54) is 19.3 Å². The van der Waals surface area contributed by atoms with Gasteiger partial charge in [0, 0.05) is 5.39 Å². The highest BCUT2D eigenvalue weighted by molar-refractivity contribution is 6.06. The van der Waals surface area contributed by atoms with Gasteiger partial charge >= 0.3 is 0 Å². The zero-order chi connectivity index (χ0) is 28.0. The molecule has 0 saturated heterocycles. The minimum absolute atomic E-state index is 0.194. The second kappa shape index (κ2) is 15.5. The number of aliphatic hydroxyl groups excluding tert-OH is 1. The highest BCUT2D eigenvalue weighted by Gasteiger charge is 2.20. The monoisotopic (exact) mass is 527 g/mol. The average molecular weight is 528 g/mol. The number of nitrogens with one attached hydrogen (secondary N) is 1. The van der Waals surface area contributed by atoms with E-state index in [2.05, 4.69) is 36.1 Å². The number of unbranched alkanes of at least 4 members (excludes halogenated alkanes) is 3. The summed E-state index contributed by atoms with van der Waals surface area (Å²) in [5.74, 6) is 0.467. The largest absolute Gasteiger partial charge is 0.490 e. The maximum absolute atomic E-state index is 13.4. The number of allylic oxidation sites excluding steroid dienone is 4. The van der Waals surface area contributed by atoms with E-state index in [-0.39, 0.29) is 12.5 Å². The summed E-state index contributed by atoms with van der Waals surface area (Å²) >= 11 is 0. The third-order valence-electron chi connectivity index (χ3n) is 6.44. The van der Waals surface area contributed by atoms with Crippen molar-refractivity contribution in [3.8, 4) is 5.75 Å². The van der Waals surface area contributed by atoms with E-state index in [0.29, 0.717) is 24.3 Å². The highest BCUT2D eigenvalue weighted by Crippen LogP contribution is 2.23. The molecule has 6 heteroatoms. The Labute approximate surface area is 232 Å². The number of aromatic nitrogens is 2. The number of nitrogens with zero attached hydrogens (tertiary/aromatic N) is 2. The summed E-state index contributed by atoms with van der Waals surface area (Å²) in [5.41, 5.74) is 3.83. The van der Waals surface area contributed by atoms with Crippen LogP contribution in [0.4, 0.5) is 0 Å². The van der Waals surface area contributed by atoms with Crippen LogP contribution in [0, 0.1) is 6.92 Å². The Balaban J connectivity index is 1.62. The molecule has 3 aromatic rings. The van der Waals surface area contributed by atoms with E-state index < -0.39 is 6.04 Å². The standard InChI is InChI=1S/C33H41N3O3/c1-5-7-9-10-11-12-20-39-30-17-15-27(16-18-30)22-29(24-37)35-33(38)31(13-8-6-2)26(4)36-32-19-14-25(3)21-28(32)23-34-36/h6,8,11-19,21,23,29,37H,4-5,7,9-10,20,22,24H2,1-3H3,(H,35,38)/b8-6-,12-11+,31-13+. The zero-order valence-electron chi connectivity index (χ0n) is 23.4. The van der Waals surface area contributed by atoms with Crippen molar-refractivity contribution in [2.45, 2.75) is 58.9 Å². The number of ether oxygens (including phenoxy) is 1. The Bertz CT molecular complexity index is 1320. The summed E-state index contributed by atoms with van der Waals surface area (Å²) in [6.07, 6.45) is 16.6. The van der Waals surface area contributed by atoms with Crippen LogP contribution >= 0.6 is 0 Å². The number of aryl methyl sites for hydroxylation is 1. The minimum Gasteiger partial charge on any atom is -0.490 e. The van der Waals surface area contributed by atoms with Crippen molar-refractivity contribution in [3.63, 3.8) is 0 Å². The van der Waals surface area contributed by atoms with Crippen LogP contribution in [-0.4, -0.2) is 40.0 Å². The molecule has 0 aliphatic rings. The molecular formula is C33H41N3O3. The van der Waals surface area contributed by atoms with Gasteiger partial charge in [0.05, 0.1) is 35.6 Å². The van der Waals surface area contributed by atoms with Gasteiger partial charge in [-0.15, -0.1) is 0 Å². The van der Waals surface area contributed by atoms with E-state index >= 15 is 0 Å². The summed E-state index contributed by atoms with van der Waals surface area (Å²) in [6.45, 7) is 10.6. The molecule has 6 nitrogen and oxygen atoms in total. The van der Waals surface area contributed by atoms with Gasteiger partial charge in [0.1, 0.15) is 12.4 Å².